The van der Waals surface area contributed by atoms with E-state index in [2.05, 4.69) is 24.2 Å². The maximum absolute atomic E-state index is 4.97. The smallest absolute Gasteiger partial charge is 0.0574 e. The van der Waals surface area contributed by atoms with E-state index in [9.17, 15) is 0 Å². The van der Waals surface area contributed by atoms with E-state index in [0.29, 0.717) is 0 Å². The van der Waals surface area contributed by atoms with Crippen molar-refractivity contribution >= 4 is 0 Å². The molecule has 0 fully saturated rings. The number of allylic oxidation sites excluding steroid dienone is 1. The highest BCUT2D eigenvalue weighted by Gasteiger charge is 2.08. The first kappa shape index (κ1) is 11.0. The first-order valence-electron chi connectivity index (χ1n) is 4.83. The second-order valence-electron chi connectivity index (χ2n) is 3.15. The molecule has 0 saturated heterocycles. The maximum Gasteiger partial charge on any atom is 0.0574 e. The van der Waals surface area contributed by atoms with Crippen molar-refractivity contribution in [1.82, 2.24) is 5.48 Å². The van der Waals surface area contributed by atoms with Crippen LogP contribution in [0.5, 0.6) is 0 Å². The van der Waals surface area contributed by atoms with E-state index < -0.39 is 0 Å². The summed E-state index contributed by atoms with van der Waals surface area (Å²) in [7, 11) is 1.64. The lowest BCUT2D eigenvalue weighted by Crippen LogP contribution is -2.19. The quantitative estimate of drug-likeness (QED) is 0.551. The van der Waals surface area contributed by atoms with Gasteiger partial charge in [0.2, 0.25) is 0 Å². The van der Waals surface area contributed by atoms with Crippen molar-refractivity contribution < 1.29 is 4.84 Å². The Balaban J connectivity index is 2.62. The average Bonchev–Trinajstić information content (AvgIpc) is 2.25. The minimum atomic E-state index is 0.249. The van der Waals surface area contributed by atoms with Crippen LogP contribution >= 0.6 is 0 Å². The Kier molecular flexibility index (Phi) is 4.97. The van der Waals surface area contributed by atoms with Gasteiger partial charge in [0, 0.05) is 0 Å². The SMILES string of the molecule is C=CCCC(NOC)c1ccccc1. The largest absolute Gasteiger partial charge is 0.305 e. The van der Waals surface area contributed by atoms with Crippen LogP contribution in [0, 0.1) is 0 Å². The highest BCUT2D eigenvalue weighted by atomic mass is 16.6. The van der Waals surface area contributed by atoms with Crippen molar-refractivity contribution in [3.63, 3.8) is 0 Å². The first-order chi connectivity index (χ1) is 6.88. The predicted octanol–water partition coefficient (Wildman–Crippen LogP) is 2.84. The van der Waals surface area contributed by atoms with Gasteiger partial charge in [0.1, 0.15) is 0 Å². The number of benzene rings is 1. The number of hydrogen-bond donors (Lipinski definition) is 1. The molecule has 1 N–H and O–H groups in total. The van der Waals surface area contributed by atoms with Gasteiger partial charge in [-0.25, -0.2) is 0 Å². The van der Waals surface area contributed by atoms with Crippen LogP contribution in [0.25, 0.3) is 0 Å². The molecule has 0 aliphatic rings. The minimum absolute atomic E-state index is 0.249. The second kappa shape index (κ2) is 6.35. The number of rotatable bonds is 6. The van der Waals surface area contributed by atoms with Crippen molar-refractivity contribution in [3.8, 4) is 0 Å². The molecule has 14 heavy (non-hydrogen) atoms. The lowest BCUT2D eigenvalue weighted by molar-refractivity contribution is 0.0581. The van der Waals surface area contributed by atoms with Gasteiger partial charge >= 0.3 is 0 Å². The van der Waals surface area contributed by atoms with Gasteiger partial charge in [-0.15, -0.1) is 6.58 Å². The third kappa shape index (κ3) is 3.32. The summed E-state index contributed by atoms with van der Waals surface area (Å²) in [6, 6.07) is 10.5. The number of hydrogen-bond acceptors (Lipinski definition) is 2. The molecule has 0 heterocycles. The Hall–Kier alpha value is -1.12. The van der Waals surface area contributed by atoms with Gasteiger partial charge in [-0.05, 0) is 18.4 Å². The van der Waals surface area contributed by atoms with Gasteiger partial charge in [0.15, 0.2) is 0 Å². The van der Waals surface area contributed by atoms with E-state index in [0.717, 1.165) is 12.8 Å². The molecular formula is C12H17NO. The molecule has 1 atom stereocenters. The van der Waals surface area contributed by atoms with Gasteiger partial charge in [0.25, 0.3) is 0 Å². The normalized spacial score (nSPS) is 12.4. The third-order valence-corrected chi connectivity index (χ3v) is 2.12. The van der Waals surface area contributed by atoms with Gasteiger partial charge in [-0.1, -0.05) is 36.4 Å². The van der Waals surface area contributed by atoms with Crippen LogP contribution in [0.15, 0.2) is 43.0 Å². The van der Waals surface area contributed by atoms with E-state index in [1.165, 1.54) is 5.56 Å². The Labute approximate surface area is 85.5 Å². The zero-order valence-electron chi connectivity index (χ0n) is 8.57. The molecule has 1 rings (SSSR count). The van der Waals surface area contributed by atoms with Gasteiger partial charge in [0.05, 0.1) is 13.2 Å². The Morgan fingerprint density at radius 1 is 1.43 bits per heavy atom. The van der Waals surface area contributed by atoms with E-state index >= 15 is 0 Å². The Bertz CT molecular complexity index is 258. The molecule has 1 unspecified atom stereocenters. The zero-order chi connectivity index (χ0) is 10.2. The average molecular weight is 191 g/mol. The summed E-state index contributed by atoms with van der Waals surface area (Å²) < 4.78 is 0. The summed E-state index contributed by atoms with van der Waals surface area (Å²) in [6.45, 7) is 3.72. The van der Waals surface area contributed by atoms with E-state index in [4.69, 9.17) is 4.84 Å². The molecule has 0 radical (unpaired) electrons. The molecule has 76 valence electrons. The molecule has 0 amide bonds. The Morgan fingerprint density at radius 2 is 2.14 bits per heavy atom. The van der Waals surface area contributed by atoms with Gasteiger partial charge in [-0.3, -0.25) is 0 Å². The fraction of sp³-hybridized carbons (Fsp3) is 0.333. The fourth-order valence-electron chi connectivity index (χ4n) is 1.41. The predicted molar refractivity (Wildman–Crippen MR) is 58.8 cm³/mol. The van der Waals surface area contributed by atoms with Crippen LogP contribution in [0.1, 0.15) is 24.4 Å². The molecule has 1 aromatic carbocycles. The summed E-state index contributed by atoms with van der Waals surface area (Å²) in [6.07, 6.45) is 3.91. The fourth-order valence-corrected chi connectivity index (χ4v) is 1.41. The van der Waals surface area contributed by atoms with Crippen LogP contribution in [0.3, 0.4) is 0 Å². The molecule has 0 spiro atoms. The van der Waals surface area contributed by atoms with Crippen molar-refractivity contribution in [2.75, 3.05) is 7.11 Å². The maximum atomic E-state index is 4.97. The monoisotopic (exact) mass is 191 g/mol. The van der Waals surface area contributed by atoms with E-state index in [-0.39, 0.29) is 6.04 Å². The summed E-state index contributed by atoms with van der Waals surface area (Å²) in [5.41, 5.74) is 4.23. The van der Waals surface area contributed by atoms with Gasteiger partial charge in [-0.2, -0.15) is 5.48 Å². The van der Waals surface area contributed by atoms with Crippen molar-refractivity contribution in [2.45, 2.75) is 18.9 Å². The highest BCUT2D eigenvalue weighted by molar-refractivity contribution is 5.18. The molecule has 0 aliphatic carbocycles. The van der Waals surface area contributed by atoms with Crippen LogP contribution in [-0.2, 0) is 4.84 Å². The minimum Gasteiger partial charge on any atom is -0.305 e. The topological polar surface area (TPSA) is 21.3 Å². The zero-order valence-corrected chi connectivity index (χ0v) is 8.57. The number of nitrogens with one attached hydrogen (secondary N) is 1. The van der Waals surface area contributed by atoms with Crippen molar-refractivity contribution in [2.24, 2.45) is 0 Å². The van der Waals surface area contributed by atoms with Gasteiger partial charge < -0.3 is 4.84 Å². The molecule has 1 aromatic rings. The molecule has 0 saturated carbocycles. The van der Waals surface area contributed by atoms with Crippen molar-refractivity contribution in [3.05, 3.63) is 48.6 Å². The lowest BCUT2D eigenvalue weighted by atomic mass is 10.0. The molecule has 0 aromatic heterocycles. The van der Waals surface area contributed by atoms with E-state index in [1.54, 1.807) is 7.11 Å². The summed E-state index contributed by atoms with van der Waals surface area (Å²) in [4.78, 5) is 4.97. The summed E-state index contributed by atoms with van der Waals surface area (Å²) >= 11 is 0. The standard InChI is InChI=1S/C12H17NO/c1-3-4-10-12(13-14-2)11-8-6-5-7-9-11/h3,5-9,12-13H,1,4,10H2,2H3. The molecular weight excluding hydrogens is 174 g/mol. The lowest BCUT2D eigenvalue weighted by Gasteiger charge is -2.16. The van der Waals surface area contributed by atoms with Crippen molar-refractivity contribution in [1.29, 1.82) is 0 Å². The van der Waals surface area contributed by atoms with Crippen LogP contribution in [0.4, 0.5) is 0 Å². The molecule has 2 nitrogen and oxygen atoms in total. The second-order valence-corrected chi connectivity index (χ2v) is 3.15. The van der Waals surface area contributed by atoms with Crippen LogP contribution in [-0.4, -0.2) is 7.11 Å². The van der Waals surface area contributed by atoms with E-state index in [1.807, 2.05) is 24.3 Å². The summed E-state index contributed by atoms with van der Waals surface area (Å²) in [5, 5.41) is 0. The molecule has 2 heteroatoms. The third-order valence-electron chi connectivity index (χ3n) is 2.12. The summed E-state index contributed by atoms with van der Waals surface area (Å²) in [5.74, 6) is 0. The Morgan fingerprint density at radius 3 is 2.71 bits per heavy atom. The first-order valence-corrected chi connectivity index (χ1v) is 4.83. The molecule has 0 bridgehead atoms. The highest BCUT2D eigenvalue weighted by Crippen LogP contribution is 2.17. The van der Waals surface area contributed by atoms with Crippen LogP contribution < -0.4 is 5.48 Å². The number of hydroxylamine groups is 1. The van der Waals surface area contributed by atoms with Crippen LogP contribution in [0.2, 0.25) is 0 Å². The molecule has 0 aliphatic heterocycles.